The average Bonchev–Trinajstić information content (AvgIpc) is 2.56. The number of carbonyl (C=O) groups is 2. The van der Waals surface area contributed by atoms with Crippen molar-refractivity contribution in [1.29, 1.82) is 0 Å². The van der Waals surface area contributed by atoms with E-state index in [4.69, 9.17) is 5.11 Å². The van der Waals surface area contributed by atoms with E-state index in [9.17, 15) is 9.59 Å². The van der Waals surface area contributed by atoms with Crippen LogP contribution in [-0.4, -0.2) is 34.5 Å². The van der Waals surface area contributed by atoms with Crippen molar-refractivity contribution in [3.05, 3.63) is 0 Å². The molecule has 4 nitrogen and oxygen atoms in total. The van der Waals surface area contributed by atoms with Gasteiger partial charge in [-0.05, 0) is 18.8 Å². The van der Waals surface area contributed by atoms with E-state index < -0.39 is 5.97 Å². The summed E-state index contributed by atoms with van der Waals surface area (Å²) in [5, 5.41) is 8.84. The largest absolute Gasteiger partial charge is 0.481 e. The van der Waals surface area contributed by atoms with Crippen LogP contribution in [0.25, 0.3) is 0 Å². The van der Waals surface area contributed by atoms with Crippen molar-refractivity contribution < 1.29 is 14.7 Å². The van der Waals surface area contributed by atoms with Crippen LogP contribution in [-0.2, 0) is 9.59 Å². The standard InChI is InChI=1S/C15H27NO3/c1-12(2)11-14(17)16(10-9-15(18)19)13-7-5-3-4-6-8-13/h12-13H,3-11H2,1-2H3,(H,18,19). The number of hydrogen-bond acceptors (Lipinski definition) is 2. The molecule has 19 heavy (non-hydrogen) atoms. The highest BCUT2D eigenvalue weighted by atomic mass is 16.4. The molecule has 1 saturated carbocycles. The first-order valence-electron chi connectivity index (χ1n) is 7.52. The van der Waals surface area contributed by atoms with Crippen LogP contribution in [0.5, 0.6) is 0 Å². The zero-order valence-corrected chi connectivity index (χ0v) is 12.2. The molecule has 0 heterocycles. The lowest BCUT2D eigenvalue weighted by Crippen LogP contribution is -2.41. The topological polar surface area (TPSA) is 57.6 Å². The normalized spacial score (nSPS) is 17.2. The molecule has 0 bridgehead atoms. The van der Waals surface area contributed by atoms with Crippen LogP contribution in [0.4, 0.5) is 0 Å². The molecule has 0 spiro atoms. The van der Waals surface area contributed by atoms with Crippen LogP contribution < -0.4 is 0 Å². The van der Waals surface area contributed by atoms with Crippen LogP contribution in [0.1, 0.15) is 65.2 Å². The maximum atomic E-state index is 12.3. The molecular weight excluding hydrogens is 242 g/mol. The molecule has 0 radical (unpaired) electrons. The molecule has 0 unspecified atom stereocenters. The summed E-state index contributed by atoms with van der Waals surface area (Å²) in [6, 6.07) is 0.257. The van der Waals surface area contributed by atoms with Crippen molar-refractivity contribution in [3.8, 4) is 0 Å². The molecule has 1 rings (SSSR count). The first-order valence-corrected chi connectivity index (χ1v) is 7.52. The van der Waals surface area contributed by atoms with Crippen molar-refractivity contribution in [2.75, 3.05) is 6.54 Å². The lowest BCUT2D eigenvalue weighted by Gasteiger charge is -2.31. The monoisotopic (exact) mass is 269 g/mol. The van der Waals surface area contributed by atoms with Gasteiger partial charge in [-0.3, -0.25) is 9.59 Å². The highest BCUT2D eigenvalue weighted by Crippen LogP contribution is 2.23. The van der Waals surface area contributed by atoms with E-state index >= 15 is 0 Å². The third kappa shape index (κ3) is 6.08. The zero-order chi connectivity index (χ0) is 14.3. The molecule has 0 aromatic carbocycles. The minimum atomic E-state index is -0.823. The third-order valence-corrected chi connectivity index (χ3v) is 3.74. The van der Waals surface area contributed by atoms with Gasteiger partial charge in [0.25, 0.3) is 0 Å². The van der Waals surface area contributed by atoms with E-state index in [-0.39, 0.29) is 18.4 Å². The Kier molecular flexibility index (Phi) is 6.89. The molecule has 0 aliphatic heterocycles. The molecule has 1 amide bonds. The maximum Gasteiger partial charge on any atom is 0.305 e. The van der Waals surface area contributed by atoms with E-state index in [0.29, 0.717) is 18.9 Å². The smallest absolute Gasteiger partial charge is 0.305 e. The minimum Gasteiger partial charge on any atom is -0.481 e. The molecule has 0 atom stereocenters. The first kappa shape index (κ1) is 16.0. The van der Waals surface area contributed by atoms with Crippen LogP contribution >= 0.6 is 0 Å². The van der Waals surface area contributed by atoms with Crippen molar-refractivity contribution in [1.82, 2.24) is 4.90 Å². The van der Waals surface area contributed by atoms with Crippen molar-refractivity contribution in [3.63, 3.8) is 0 Å². The summed E-state index contributed by atoms with van der Waals surface area (Å²) in [5.74, 6) is -0.371. The van der Waals surface area contributed by atoms with Gasteiger partial charge in [-0.25, -0.2) is 0 Å². The molecule has 1 aliphatic carbocycles. The van der Waals surface area contributed by atoms with Gasteiger partial charge in [-0.15, -0.1) is 0 Å². The van der Waals surface area contributed by atoms with Crippen molar-refractivity contribution in [2.45, 2.75) is 71.3 Å². The number of rotatable bonds is 6. The van der Waals surface area contributed by atoms with Gasteiger partial charge in [0.2, 0.25) is 5.91 Å². The molecule has 1 fully saturated rings. The number of nitrogens with zero attached hydrogens (tertiary/aromatic N) is 1. The van der Waals surface area contributed by atoms with Gasteiger partial charge in [-0.1, -0.05) is 39.5 Å². The highest BCUT2D eigenvalue weighted by Gasteiger charge is 2.25. The lowest BCUT2D eigenvalue weighted by atomic mass is 10.0. The lowest BCUT2D eigenvalue weighted by molar-refractivity contribution is -0.139. The summed E-state index contributed by atoms with van der Waals surface area (Å²) in [7, 11) is 0. The van der Waals surface area contributed by atoms with E-state index in [2.05, 4.69) is 0 Å². The molecule has 110 valence electrons. The predicted molar refractivity (Wildman–Crippen MR) is 74.9 cm³/mol. The number of amides is 1. The Morgan fingerprint density at radius 1 is 1.16 bits per heavy atom. The molecule has 0 saturated heterocycles. The SMILES string of the molecule is CC(C)CC(=O)N(CCC(=O)O)C1CCCCCC1. The second-order valence-electron chi connectivity index (χ2n) is 5.97. The molecule has 0 aromatic heterocycles. The van der Waals surface area contributed by atoms with Crippen LogP contribution in [0.15, 0.2) is 0 Å². The van der Waals surface area contributed by atoms with E-state index in [1.165, 1.54) is 12.8 Å². The summed E-state index contributed by atoms with van der Waals surface area (Å²) in [6.07, 6.45) is 7.43. The number of carboxylic acid groups (broad SMARTS) is 1. The fraction of sp³-hybridized carbons (Fsp3) is 0.867. The maximum absolute atomic E-state index is 12.3. The van der Waals surface area contributed by atoms with Gasteiger partial charge < -0.3 is 10.0 Å². The summed E-state index contributed by atoms with van der Waals surface area (Å²) in [4.78, 5) is 24.9. The molecule has 4 heteroatoms. The summed E-state index contributed by atoms with van der Waals surface area (Å²) in [5.41, 5.74) is 0. The number of carbonyl (C=O) groups excluding carboxylic acids is 1. The summed E-state index contributed by atoms with van der Waals surface area (Å²) >= 11 is 0. The Morgan fingerprint density at radius 3 is 2.21 bits per heavy atom. The molecule has 1 N–H and O–H groups in total. The van der Waals surface area contributed by atoms with Crippen LogP contribution in [0.2, 0.25) is 0 Å². The molecule has 0 aromatic rings. The van der Waals surface area contributed by atoms with Gasteiger partial charge in [0.15, 0.2) is 0 Å². The van der Waals surface area contributed by atoms with Crippen molar-refractivity contribution in [2.24, 2.45) is 5.92 Å². The Balaban J connectivity index is 2.65. The predicted octanol–water partition coefficient (Wildman–Crippen LogP) is 3.06. The van der Waals surface area contributed by atoms with E-state index in [1.54, 1.807) is 0 Å². The van der Waals surface area contributed by atoms with Crippen molar-refractivity contribution >= 4 is 11.9 Å². The summed E-state index contributed by atoms with van der Waals surface area (Å²) < 4.78 is 0. The van der Waals surface area contributed by atoms with Gasteiger partial charge in [-0.2, -0.15) is 0 Å². The number of hydrogen-bond donors (Lipinski definition) is 1. The Bertz CT molecular complexity index is 294. The number of aliphatic carboxylic acids is 1. The van der Waals surface area contributed by atoms with Crippen LogP contribution in [0, 0.1) is 5.92 Å². The first-order chi connectivity index (χ1) is 9.00. The quantitative estimate of drug-likeness (QED) is 0.754. The Labute approximate surface area is 116 Å². The summed E-state index contributed by atoms with van der Waals surface area (Å²) in [6.45, 7) is 4.42. The third-order valence-electron chi connectivity index (χ3n) is 3.74. The zero-order valence-electron chi connectivity index (χ0n) is 12.2. The minimum absolute atomic E-state index is 0.0559. The Hall–Kier alpha value is -1.06. The van der Waals surface area contributed by atoms with E-state index in [1.807, 2.05) is 18.7 Å². The van der Waals surface area contributed by atoms with Gasteiger partial charge in [0.1, 0.15) is 0 Å². The van der Waals surface area contributed by atoms with Gasteiger partial charge >= 0.3 is 5.97 Å². The number of carboxylic acids is 1. The fourth-order valence-electron chi connectivity index (χ4n) is 2.76. The van der Waals surface area contributed by atoms with Gasteiger partial charge in [0, 0.05) is 19.0 Å². The molecule has 1 aliphatic rings. The Morgan fingerprint density at radius 2 is 1.74 bits per heavy atom. The second-order valence-corrected chi connectivity index (χ2v) is 5.97. The van der Waals surface area contributed by atoms with Crippen LogP contribution in [0.3, 0.4) is 0 Å². The second kappa shape index (κ2) is 8.18. The van der Waals surface area contributed by atoms with E-state index in [0.717, 1.165) is 25.7 Å². The molecular formula is C15H27NO3. The average molecular weight is 269 g/mol. The fourth-order valence-corrected chi connectivity index (χ4v) is 2.76. The highest BCUT2D eigenvalue weighted by molar-refractivity contribution is 5.77. The van der Waals surface area contributed by atoms with Gasteiger partial charge in [0.05, 0.1) is 6.42 Å².